The molecule has 0 bridgehead atoms. The van der Waals surface area contributed by atoms with Gasteiger partial charge < -0.3 is 10.1 Å². The highest BCUT2D eigenvalue weighted by Gasteiger charge is 2.22. The van der Waals surface area contributed by atoms with Crippen molar-refractivity contribution in [2.24, 2.45) is 0 Å². The lowest BCUT2D eigenvalue weighted by Crippen LogP contribution is -2.27. The molecule has 0 unspecified atom stereocenters. The van der Waals surface area contributed by atoms with Gasteiger partial charge in [0.2, 0.25) is 5.91 Å². The summed E-state index contributed by atoms with van der Waals surface area (Å²) in [6.45, 7) is 6.83. The Morgan fingerprint density at radius 1 is 1.47 bits per heavy atom. The molecule has 1 fully saturated rings. The fourth-order valence-corrected chi connectivity index (χ4v) is 1.68. The Hall–Kier alpha value is -0.220. The number of nitrogens with one attached hydrogen (secondary N) is 1. The summed E-state index contributed by atoms with van der Waals surface area (Å²) in [5.74, 6) is 1.61. The van der Waals surface area contributed by atoms with E-state index >= 15 is 0 Å². The molecular formula is C11H21NO2S. The maximum Gasteiger partial charge on any atom is 0.230 e. The van der Waals surface area contributed by atoms with E-state index in [0.717, 1.165) is 18.6 Å². The molecule has 4 heteroatoms. The van der Waals surface area contributed by atoms with Gasteiger partial charge in [-0.3, -0.25) is 4.79 Å². The Morgan fingerprint density at radius 3 is 2.67 bits per heavy atom. The fraction of sp³-hybridized carbons (Fsp3) is 0.909. The summed E-state index contributed by atoms with van der Waals surface area (Å²) in [6.07, 6.45) is 2.31. The van der Waals surface area contributed by atoms with Crippen LogP contribution in [0.15, 0.2) is 0 Å². The van der Waals surface area contributed by atoms with Crippen LogP contribution in [0.5, 0.6) is 0 Å². The molecule has 1 amide bonds. The molecule has 1 aliphatic carbocycles. The Balaban J connectivity index is 1.89. The highest BCUT2D eigenvalue weighted by Crippen LogP contribution is 2.18. The number of hydrogen-bond donors (Lipinski definition) is 1. The summed E-state index contributed by atoms with van der Waals surface area (Å²) in [5.41, 5.74) is -0.0726. The lowest BCUT2D eigenvalue weighted by molar-refractivity contribution is -0.118. The van der Waals surface area contributed by atoms with Crippen molar-refractivity contribution in [3.05, 3.63) is 0 Å². The second-order valence-corrected chi connectivity index (χ2v) is 5.96. The fourth-order valence-electron chi connectivity index (χ4n) is 1.07. The minimum absolute atomic E-state index is 0.0726. The van der Waals surface area contributed by atoms with Crippen molar-refractivity contribution in [1.82, 2.24) is 5.32 Å². The van der Waals surface area contributed by atoms with Crippen LogP contribution in [-0.2, 0) is 9.53 Å². The third-order valence-corrected chi connectivity index (χ3v) is 2.86. The monoisotopic (exact) mass is 231 g/mol. The zero-order valence-corrected chi connectivity index (χ0v) is 10.7. The van der Waals surface area contributed by atoms with Crippen molar-refractivity contribution in [3.8, 4) is 0 Å². The molecule has 1 rings (SSSR count). The van der Waals surface area contributed by atoms with Crippen LogP contribution in [0.2, 0.25) is 0 Å². The topological polar surface area (TPSA) is 38.3 Å². The summed E-state index contributed by atoms with van der Waals surface area (Å²) in [4.78, 5) is 11.3. The number of rotatable bonds is 6. The van der Waals surface area contributed by atoms with Crippen LogP contribution < -0.4 is 5.32 Å². The zero-order valence-electron chi connectivity index (χ0n) is 9.84. The predicted octanol–water partition coefficient (Wildman–Crippen LogP) is 1.81. The molecule has 0 heterocycles. The number of carbonyl (C=O) groups excluding carboxylic acids is 1. The zero-order chi connectivity index (χ0) is 11.3. The summed E-state index contributed by atoms with van der Waals surface area (Å²) in [7, 11) is 0. The molecule has 0 atom stereocenters. The van der Waals surface area contributed by atoms with Crippen LogP contribution in [0.1, 0.15) is 33.6 Å². The first-order valence-electron chi connectivity index (χ1n) is 5.48. The van der Waals surface area contributed by atoms with Crippen molar-refractivity contribution in [1.29, 1.82) is 0 Å². The number of amides is 1. The number of carbonyl (C=O) groups is 1. The molecular weight excluding hydrogens is 210 g/mol. The van der Waals surface area contributed by atoms with Gasteiger partial charge in [0.05, 0.1) is 18.0 Å². The van der Waals surface area contributed by atoms with Crippen LogP contribution >= 0.6 is 11.8 Å². The molecule has 0 aromatic carbocycles. The molecule has 0 aliphatic heterocycles. The summed E-state index contributed by atoms with van der Waals surface area (Å²) in [6, 6.07) is 0.476. The third-order valence-electron chi connectivity index (χ3n) is 1.94. The molecule has 0 aromatic rings. The van der Waals surface area contributed by atoms with Gasteiger partial charge in [0, 0.05) is 11.8 Å². The van der Waals surface area contributed by atoms with Crippen LogP contribution in [0.3, 0.4) is 0 Å². The lowest BCUT2D eigenvalue weighted by atomic mass is 10.2. The number of hydrogen-bond acceptors (Lipinski definition) is 3. The Bertz CT molecular complexity index is 209. The minimum atomic E-state index is -0.0726. The summed E-state index contributed by atoms with van der Waals surface area (Å²) in [5, 5.41) is 2.96. The molecule has 88 valence electrons. The van der Waals surface area contributed by atoms with Gasteiger partial charge in [-0.15, -0.1) is 11.8 Å². The Kier molecular flexibility index (Phi) is 4.93. The predicted molar refractivity (Wildman–Crippen MR) is 64.2 cm³/mol. The largest absolute Gasteiger partial charge is 0.375 e. The third kappa shape index (κ3) is 7.68. The van der Waals surface area contributed by atoms with E-state index in [1.165, 1.54) is 0 Å². The lowest BCUT2D eigenvalue weighted by Gasteiger charge is -2.19. The molecule has 0 aromatic heterocycles. The van der Waals surface area contributed by atoms with E-state index in [-0.39, 0.29) is 11.5 Å². The van der Waals surface area contributed by atoms with Gasteiger partial charge in [-0.2, -0.15) is 0 Å². The van der Waals surface area contributed by atoms with Crippen LogP contribution in [0.25, 0.3) is 0 Å². The maximum atomic E-state index is 11.3. The van der Waals surface area contributed by atoms with Gasteiger partial charge in [-0.1, -0.05) is 0 Å². The Morgan fingerprint density at radius 2 is 2.13 bits per heavy atom. The van der Waals surface area contributed by atoms with Gasteiger partial charge >= 0.3 is 0 Å². The smallest absolute Gasteiger partial charge is 0.230 e. The minimum Gasteiger partial charge on any atom is -0.375 e. The van der Waals surface area contributed by atoms with Crippen molar-refractivity contribution < 1.29 is 9.53 Å². The van der Waals surface area contributed by atoms with Crippen LogP contribution in [0.4, 0.5) is 0 Å². The Labute approximate surface area is 96.3 Å². The molecule has 0 saturated heterocycles. The summed E-state index contributed by atoms with van der Waals surface area (Å²) >= 11 is 1.63. The van der Waals surface area contributed by atoms with E-state index in [2.05, 4.69) is 5.32 Å². The van der Waals surface area contributed by atoms with Gasteiger partial charge in [-0.05, 0) is 33.6 Å². The number of ether oxygens (including phenoxy) is 1. The van der Waals surface area contributed by atoms with Gasteiger partial charge in [-0.25, -0.2) is 0 Å². The molecule has 0 spiro atoms. The number of thioether (sulfide) groups is 1. The van der Waals surface area contributed by atoms with E-state index in [1.54, 1.807) is 11.8 Å². The van der Waals surface area contributed by atoms with E-state index < -0.39 is 0 Å². The molecule has 3 nitrogen and oxygen atoms in total. The molecule has 1 aliphatic rings. The molecule has 0 radical (unpaired) electrons. The highest BCUT2D eigenvalue weighted by molar-refractivity contribution is 7.99. The van der Waals surface area contributed by atoms with Crippen molar-refractivity contribution >= 4 is 17.7 Å². The van der Waals surface area contributed by atoms with Crippen LogP contribution in [-0.4, -0.2) is 35.7 Å². The quantitative estimate of drug-likeness (QED) is 0.709. The van der Waals surface area contributed by atoms with Gasteiger partial charge in [0.15, 0.2) is 0 Å². The van der Waals surface area contributed by atoms with Crippen molar-refractivity contribution in [2.45, 2.75) is 45.3 Å². The van der Waals surface area contributed by atoms with Gasteiger partial charge in [0.1, 0.15) is 0 Å². The normalized spacial score (nSPS) is 16.5. The second kappa shape index (κ2) is 5.75. The van der Waals surface area contributed by atoms with Crippen molar-refractivity contribution in [2.75, 3.05) is 18.1 Å². The first-order valence-corrected chi connectivity index (χ1v) is 6.64. The average molecular weight is 231 g/mol. The average Bonchev–Trinajstić information content (AvgIpc) is 2.85. The van der Waals surface area contributed by atoms with Gasteiger partial charge in [0.25, 0.3) is 0 Å². The first-order chi connectivity index (χ1) is 6.97. The first kappa shape index (κ1) is 12.8. The van der Waals surface area contributed by atoms with E-state index in [0.29, 0.717) is 18.4 Å². The van der Waals surface area contributed by atoms with E-state index in [4.69, 9.17) is 4.74 Å². The molecule has 1 saturated carbocycles. The maximum absolute atomic E-state index is 11.3. The molecule has 15 heavy (non-hydrogen) atoms. The highest BCUT2D eigenvalue weighted by atomic mass is 32.2. The van der Waals surface area contributed by atoms with Crippen molar-refractivity contribution in [3.63, 3.8) is 0 Å². The van der Waals surface area contributed by atoms with E-state index in [9.17, 15) is 4.79 Å². The van der Waals surface area contributed by atoms with Crippen LogP contribution in [0, 0.1) is 0 Å². The van der Waals surface area contributed by atoms with E-state index in [1.807, 2.05) is 20.8 Å². The standard InChI is InChI=1S/C11H21NO2S/c1-11(2,3)14-6-7-15-8-10(13)12-9-4-5-9/h9H,4-8H2,1-3H3,(H,12,13). The second-order valence-electron chi connectivity index (χ2n) is 4.86. The molecule has 1 N–H and O–H groups in total. The SMILES string of the molecule is CC(C)(C)OCCSCC(=O)NC1CC1. The summed E-state index contributed by atoms with van der Waals surface area (Å²) < 4.78 is 5.55.